The van der Waals surface area contributed by atoms with E-state index in [1.54, 1.807) is 16.7 Å². The Morgan fingerprint density at radius 3 is 2.74 bits per heavy atom. The molecule has 0 spiro atoms. The molecular formula is C16H24N2O3S2. The maximum Gasteiger partial charge on any atom is 0.235 e. The van der Waals surface area contributed by atoms with Crippen molar-refractivity contribution in [3.63, 3.8) is 0 Å². The minimum Gasteiger partial charge on any atom is -0.340 e. The van der Waals surface area contributed by atoms with Crippen molar-refractivity contribution >= 4 is 27.7 Å². The third-order valence-corrected chi connectivity index (χ3v) is 5.77. The molecule has 2 rings (SSSR count). The zero-order chi connectivity index (χ0) is 16.9. The first-order chi connectivity index (χ1) is 10.8. The lowest BCUT2D eigenvalue weighted by atomic mass is 10.1. The van der Waals surface area contributed by atoms with Crippen molar-refractivity contribution in [2.75, 3.05) is 19.3 Å². The van der Waals surface area contributed by atoms with Crippen molar-refractivity contribution in [1.29, 1.82) is 0 Å². The average molecular weight is 357 g/mol. The first kappa shape index (κ1) is 18.3. The summed E-state index contributed by atoms with van der Waals surface area (Å²) in [6.45, 7) is 3.09. The van der Waals surface area contributed by atoms with Crippen molar-refractivity contribution in [2.45, 2.75) is 36.8 Å². The molecule has 1 aromatic carbocycles. The molecule has 128 valence electrons. The average Bonchev–Trinajstić information content (AvgIpc) is 2.51. The fourth-order valence-electron chi connectivity index (χ4n) is 2.70. The van der Waals surface area contributed by atoms with E-state index < -0.39 is 10.0 Å². The van der Waals surface area contributed by atoms with Crippen LogP contribution in [0.3, 0.4) is 0 Å². The van der Waals surface area contributed by atoms with E-state index in [2.05, 4.69) is 16.9 Å². The van der Waals surface area contributed by atoms with Gasteiger partial charge in [-0.05, 0) is 25.3 Å². The van der Waals surface area contributed by atoms with E-state index in [9.17, 15) is 13.2 Å². The monoisotopic (exact) mass is 356 g/mol. The molecule has 1 heterocycles. The predicted octanol–water partition coefficient (Wildman–Crippen LogP) is 1.85. The van der Waals surface area contributed by atoms with Gasteiger partial charge in [-0.15, -0.1) is 11.8 Å². The molecule has 1 N–H and O–H groups in total. The lowest BCUT2D eigenvalue weighted by molar-refractivity contribution is -0.131. The summed E-state index contributed by atoms with van der Waals surface area (Å²) in [5.74, 6) is 0.887. The molecule has 1 aromatic rings. The van der Waals surface area contributed by atoms with E-state index in [1.165, 1.54) is 5.56 Å². The van der Waals surface area contributed by atoms with Gasteiger partial charge in [0.15, 0.2) is 0 Å². The lowest BCUT2D eigenvalue weighted by Crippen LogP contribution is -2.51. The van der Waals surface area contributed by atoms with E-state index in [4.69, 9.17) is 0 Å². The third kappa shape index (κ3) is 6.16. The van der Waals surface area contributed by atoms with Crippen molar-refractivity contribution in [3.8, 4) is 0 Å². The number of thioether (sulfide) groups is 1. The summed E-state index contributed by atoms with van der Waals surface area (Å²) >= 11 is 1.62. The van der Waals surface area contributed by atoms with Crippen LogP contribution < -0.4 is 4.72 Å². The summed E-state index contributed by atoms with van der Waals surface area (Å²) in [5.41, 5.74) is 1.20. The SMILES string of the molecule is C[C@H](SCc1ccccc1)C(=O)N1CCC[C@@H](NS(C)(=O)=O)C1. The van der Waals surface area contributed by atoms with Gasteiger partial charge in [-0.3, -0.25) is 4.79 Å². The Balaban J connectivity index is 1.86. The second-order valence-electron chi connectivity index (χ2n) is 5.95. The summed E-state index contributed by atoms with van der Waals surface area (Å²) in [5, 5.41) is -0.132. The highest BCUT2D eigenvalue weighted by molar-refractivity contribution is 7.99. The van der Waals surface area contributed by atoms with Gasteiger partial charge in [0, 0.05) is 24.9 Å². The third-order valence-electron chi connectivity index (χ3n) is 3.80. The maximum atomic E-state index is 12.6. The molecule has 2 atom stereocenters. The first-order valence-corrected chi connectivity index (χ1v) is 10.7. The van der Waals surface area contributed by atoms with Gasteiger partial charge in [0.2, 0.25) is 15.9 Å². The van der Waals surface area contributed by atoms with E-state index in [1.807, 2.05) is 25.1 Å². The Morgan fingerprint density at radius 2 is 2.09 bits per heavy atom. The van der Waals surface area contributed by atoms with E-state index >= 15 is 0 Å². The number of carbonyl (C=O) groups is 1. The zero-order valence-electron chi connectivity index (χ0n) is 13.6. The van der Waals surface area contributed by atoms with Crippen molar-refractivity contribution in [2.24, 2.45) is 0 Å². The van der Waals surface area contributed by atoms with Gasteiger partial charge < -0.3 is 4.90 Å². The van der Waals surface area contributed by atoms with Crippen LogP contribution in [0.5, 0.6) is 0 Å². The Bertz CT molecular complexity index is 619. The standard InChI is InChI=1S/C16H24N2O3S2/c1-13(22-12-14-7-4-3-5-8-14)16(19)18-10-6-9-15(11-18)17-23(2,20)21/h3-5,7-8,13,15,17H,6,9-12H2,1-2H3/t13-,15+/m0/s1. The Morgan fingerprint density at radius 1 is 1.39 bits per heavy atom. The summed E-state index contributed by atoms with van der Waals surface area (Å²) in [6.07, 6.45) is 2.77. The highest BCUT2D eigenvalue weighted by Crippen LogP contribution is 2.21. The number of carbonyl (C=O) groups excluding carboxylic acids is 1. The fraction of sp³-hybridized carbons (Fsp3) is 0.562. The summed E-state index contributed by atoms with van der Waals surface area (Å²) in [7, 11) is -3.23. The number of piperidine rings is 1. The van der Waals surface area contributed by atoms with E-state index in [0.717, 1.165) is 24.9 Å². The van der Waals surface area contributed by atoms with Crippen molar-refractivity contribution < 1.29 is 13.2 Å². The molecule has 23 heavy (non-hydrogen) atoms. The van der Waals surface area contributed by atoms with Crippen LogP contribution in [0.15, 0.2) is 30.3 Å². The summed E-state index contributed by atoms with van der Waals surface area (Å²) < 4.78 is 25.3. The number of likely N-dealkylation sites (tertiary alicyclic amines) is 1. The van der Waals surface area contributed by atoms with Crippen LogP contribution in [0.2, 0.25) is 0 Å². The van der Waals surface area contributed by atoms with E-state index in [-0.39, 0.29) is 17.2 Å². The molecular weight excluding hydrogens is 332 g/mol. The molecule has 1 amide bonds. The molecule has 1 fully saturated rings. The molecule has 1 aliphatic rings. The predicted molar refractivity (Wildman–Crippen MR) is 94.8 cm³/mol. The lowest BCUT2D eigenvalue weighted by Gasteiger charge is -2.34. The van der Waals surface area contributed by atoms with Gasteiger partial charge in [0.25, 0.3) is 0 Å². The van der Waals surface area contributed by atoms with Crippen LogP contribution in [0.4, 0.5) is 0 Å². The number of nitrogens with zero attached hydrogens (tertiary/aromatic N) is 1. The van der Waals surface area contributed by atoms with Gasteiger partial charge >= 0.3 is 0 Å². The number of sulfonamides is 1. The topological polar surface area (TPSA) is 66.5 Å². The smallest absolute Gasteiger partial charge is 0.235 e. The Kier molecular flexibility index (Phi) is 6.50. The molecule has 7 heteroatoms. The van der Waals surface area contributed by atoms with Gasteiger partial charge in [-0.25, -0.2) is 13.1 Å². The molecule has 0 aliphatic carbocycles. The number of hydrogen-bond donors (Lipinski definition) is 1. The number of hydrogen-bond acceptors (Lipinski definition) is 4. The molecule has 0 radical (unpaired) electrons. The van der Waals surface area contributed by atoms with Crippen LogP contribution in [0.1, 0.15) is 25.3 Å². The van der Waals surface area contributed by atoms with Crippen molar-refractivity contribution in [1.82, 2.24) is 9.62 Å². The maximum absolute atomic E-state index is 12.6. The second kappa shape index (κ2) is 8.17. The van der Waals surface area contributed by atoms with Crippen LogP contribution in [0.25, 0.3) is 0 Å². The molecule has 1 aliphatic heterocycles. The molecule has 5 nitrogen and oxygen atoms in total. The number of nitrogens with one attached hydrogen (secondary N) is 1. The van der Waals surface area contributed by atoms with E-state index in [0.29, 0.717) is 13.1 Å². The van der Waals surface area contributed by atoms with Crippen LogP contribution >= 0.6 is 11.8 Å². The molecule has 0 aromatic heterocycles. The number of amides is 1. The molecule has 0 bridgehead atoms. The summed E-state index contributed by atoms with van der Waals surface area (Å²) in [6, 6.07) is 9.90. The zero-order valence-corrected chi connectivity index (χ0v) is 15.2. The Hall–Kier alpha value is -1.05. The quantitative estimate of drug-likeness (QED) is 0.845. The Labute approximate surface area is 142 Å². The number of benzene rings is 1. The molecule has 0 unspecified atom stereocenters. The minimum absolute atomic E-state index is 0.0888. The van der Waals surface area contributed by atoms with Gasteiger partial charge in [0.1, 0.15) is 0 Å². The van der Waals surface area contributed by atoms with Gasteiger partial charge in [-0.2, -0.15) is 0 Å². The fourth-order valence-corrected chi connectivity index (χ4v) is 4.42. The summed E-state index contributed by atoms with van der Waals surface area (Å²) in [4.78, 5) is 14.3. The highest BCUT2D eigenvalue weighted by atomic mass is 32.2. The molecule has 1 saturated heterocycles. The van der Waals surface area contributed by atoms with Crippen molar-refractivity contribution in [3.05, 3.63) is 35.9 Å². The van der Waals surface area contributed by atoms with Crippen LogP contribution in [-0.2, 0) is 20.6 Å². The van der Waals surface area contributed by atoms with Gasteiger partial charge in [-0.1, -0.05) is 30.3 Å². The first-order valence-electron chi connectivity index (χ1n) is 7.77. The largest absolute Gasteiger partial charge is 0.340 e. The minimum atomic E-state index is -3.23. The van der Waals surface area contributed by atoms with Crippen LogP contribution in [-0.4, -0.2) is 49.9 Å². The van der Waals surface area contributed by atoms with Gasteiger partial charge in [0.05, 0.1) is 11.5 Å². The highest BCUT2D eigenvalue weighted by Gasteiger charge is 2.28. The normalized spacial score (nSPS) is 20.3. The molecule has 0 saturated carbocycles. The number of rotatable bonds is 6. The van der Waals surface area contributed by atoms with Crippen LogP contribution in [0, 0.1) is 0 Å². The second-order valence-corrected chi connectivity index (χ2v) is 9.06.